The predicted octanol–water partition coefficient (Wildman–Crippen LogP) is 1.97. The fourth-order valence-electron chi connectivity index (χ4n) is 2.21. The molecule has 0 bridgehead atoms. The summed E-state index contributed by atoms with van der Waals surface area (Å²) in [6.07, 6.45) is 1.56. The molecule has 1 aliphatic heterocycles. The zero-order valence-electron chi connectivity index (χ0n) is 11.6. The third-order valence-corrected chi connectivity index (χ3v) is 3.74. The highest BCUT2D eigenvalue weighted by atomic mass is 79.9. The van der Waals surface area contributed by atoms with E-state index >= 15 is 0 Å². The van der Waals surface area contributed by atoms with E-state index < -0.39 is 0 Å². The average Bonchev–Trinajstić information content (AvgIpc) is 2.96. The largest absolute Gasteiger partial charge is 0.422 e. The number of likely N-dealkylation sites (N-methyl/N-ethyl adjacent to an activating group) is 1. The second-order valence-electron chi connectivity index (χ2n) is 4.65. The molecule has 0 aliphatic carbocycles. The number of aromatic nitrogens is 3. The normalized spacial score (nSPS) is 16.7. The molecule has 7 nitrogen and oxygen atoms in total. The first kappa shape index (κ1) is 14.0. The number of hydrogen-bond donors (Lipinski definition) is 2. The topological polar surface area (TPSA) is 81.1 Å². The molecule has 110 valence electrons. The van der Waals surface area contributed by atoms with Gasteiger partial charge in [0.15, 0.2) is 0 Å². The summed E-state index contributed by atoms with van der Waals surface area (Å²) >= 11 is 3.46. The maximum absolute atomic E-state index is 11.9. The van der Waals surface area contributed by atoms with Crippen LogP contribution in [0.15, 0.2) is 22.9 Å². The number of nitrogens with zero attached hydrogens (tertiary/aromatic N) is 3. The Hall–Kier alpha value is -1.93. The minimum atomic E-state index is -0.330. The Bertz CT molecular complexity index is 700. The molecule has 2 aromatic rings. The molecule has 0 radical (unpaired) electrons. The van der Waals surface area contributed by atoms with Gasteiger partial charge in [0, 0.05) is 24.4 Å². The molecule has 0 saturated carbocycles. The van der Waals surface area contributed by atoms with Gasteiger partial charge in [-0.25, -0.2) is 0 Å². The summed E-state index contributed by atoms with van der Waals surface area (Å²) in [4.78, 5) is 16.0. The number of nitrogens with one attached hydrogen (secondary N) is 2. The van der Waals surface area contributed by atoms with Crippen molar-refractivity contribution < 1.29 is 9.53 Å². The first-order valence-corrected chi connectivity index (χ1v) is 7.29. The van der Waals surface area contributed by atoms with Crippen LogP contribution in [0.25, 0.3) is 0 Å². The van der Waals surface area contributed by atoms with Crippen LogP contribution >= 0.6 is 15.9 Å². The third-order valence-electron chi connectivity index (χ3n) is 3.12. The highest BCUT2D eigenvalue weighted by Gasteiger charge is 2.31. The van der Waals surface area contributed by atoms with E-state index in [1.54, 1.807) is 24.1 Å². The number of halogens is 1. The van der Waals surface area contributed by atoms with Gasteiger partial charge in [0.25, 0.3) is 0 Å². The molecule has 1 atom stereocenters. The smallest absolute Gasteiger partial charge is 0.341 e. The SMILES string of the molecule is CCNC1C(=O)Nc2cc(Oc3ncn(C)n3)c(Br)cc21. The van der Waals surface area contributed by atoms with Gasteiger partial charge in [-0.1, -0.05) is 6.92 Å². The lowest BCUT2D eigenvalue weighted by molar-refractivity contribution is -0.117. The second-order valence-corrected chi connectivity index (χ2v) is 5.51. The number of carbonyl (C=O) groups is 1. The highest BCUT2D eigenvalue weighted by molar-refractivity contribution is 9.10. The monoisotopic (exact) mass is 351 g/mol. The van der Waals surface area contributed by atoms with Crippen LogP contribution in [0.4, 0.5) is 5.69 Å². The van der Waals surface area contributed by atoms with Crippen LogP contribution < -0.4 is 15.4 Å². The predicted molar refractivity (Wildman–Crippen MR) is 80.3 cm³/mol. The molecular weight excluding hydrogens is 338 g/mol. The van der Waals surface area contributed by atoms with Crippen molar-refractivity contribution in [1.29, 1.82) is 0 Å². The molecule has 1 amide bonds. The molecule has 1 aromatic carbocycles. The number of hydrogen-bond acceptors (Lipinski definition) is 5. The van der Waals surface area contributed by atoms with Crippen LogP contribution in [0.2, 0.25) is 0 Å². The van der Waals surface area contributed by atoms with Gasteiger partial charge in [-0.2, -0.15) is 4.98 Å². The van der Waals surface area contributed by atoms with Crippen LogP contribution in [-0.4, -0.2) is 27.2 Å². The Morgan fingerprint density at radius 1 is 1.52 bits per heavy atom. The van der Waals surface area contributed by atoms with Gasteiger partial charge in [-0.15, -0.1) is 5.10 Å². The number of fused-ring (bicyclic) bond motifs is 1. The fourth-order valence-corrected chi connectivity index (χ4v) is 2.65. The van der Waals surface area contributed by atoms with Crippen LogP contribution in [-0.2, 0) is 11.8 Å². The van der Waals surface area contributed by atoms with E-state index in [0.717, 1.165) is 15.7 Å². The molecule has 2 N–H and O–H groups in total. The molecule has 0 spiro atoms. The Morgan fingerprint density at radius 3 is 3.00 bits per heavy atom. The van der Waals surface area contributed by atoms with E-state index in [1.807, 2.05) is 13.0 Å². The van der Waals surface area contributed by atoms with Crippen LogP contribution in [0.3, 0.4) is 0 Å². The molecule has 3 rings (SSSR count). The van der Waals surface area contributed by atoms with Crippen molar-refractivity contribution in [1.82, 2.24) is 20.1 Å². The first-order valence-electron chi connectivity index (χ1n) is 6.49. The molecule has 21 heavy (non-hydrogen) atoms. The standard InChI is InChI=1S/C13H14BrN5O2/c1-3-15-11-7-4-8(14)10(5-9(7)17-12(11)20)21-13-16-6-19(2)18-13/h4-6,11,15H,3H2,1-2H3,(H,17,20). The van der Waals surface area contributed by atoms with Gasteiger partial charge >= 0.3 is 6.01 Å². The summed E-state index contributed by atoms with van der Waals surface area (Å²) < 4.78 is 7.92. The number of carbonyl (C=O) groups excluding carboxylic acids is 1. The van der Waals surface area contributed by atoms with Crippen molar-refractivity contribution in [2.75, 3.05) is 11.9 Å². The summed E-state index contributed by atoms with van der Waals surface area (Å²) in [5, 5.41) is 10.1. The summed E-state index contributed by atoms with van der Waals surface area (Å²) in [5.74, 6) is 0.490. The molecule has 1 aromatic heterocycles. The minimum Gasteiger partial charge on any atom is -0.422 e. The maximum Gasteiger partial charge on any atom is 0.341 e. The van der Waals surface area contributed by atoms with Gasteiger partial charge in [0.1, 0.15) is 18.1 Å². The molecule has 2 heterocycles. The van der Waals surface area contributed by atoms with E-state index in [1.165, 1.54) is 0 Å². The van der Waals surface area contributed by atoms with Crippen molar-refractivity contribution in [2.24, 2.45) is 7.05 Å². The number of amides is 1. The van der Waals surface area contributed by atoms with Crippen molar-refractivity contribution >= 4 is 27.5 Å². The fraction of sp³-hybridized carbons (Fsp3) is 0.308. The Kier molecular flexibility index (Phi) is 3.64. The molecule has 8 heteroatoms. The Morgan fingerprint density at radius 2 is 2.33 bits per heavy atom. The number of rotatable bonds is 4. The van der Waals surface area contributed by atoms with E-state index in [0.29, 0.717) is 12.3 Å². The van der Waals surface area contributed by atoms with Crippen LogP contribution in [0.5, 0.6) is 11.8 Å². The van der Waals surface area contributed by atoms with Crippen LogP contribution in [0.1, 0.15) is 18.5 Å². The molecule has 0 saturated heterocycles. The lowest BCUT2D eigenvalue weighted by atomic mass is 10.1. The number of aryl methyl sites for hydroxylation is 1. The summed E-state index contributed by atoms with van der Waals surface area (Å²) in [6.45, 7) is 2.68. The second kappa shape index (κ2) is 5.45. The van der Waals surface area contributed by atoms with E-state index in [9.17, 15) is 4.79 Å². The van der Waals surface area contributed by atoms with Gasteiger partial charge in [0.05, 0.1) is 4.47 Å². The number of ether oxygens (including phenoxy) is 1. The lowest BCUT2D eigenvalue weighted by Gasteiger charge is -2.11. The van der Waals surface area contributed by atoms with Gasteiger partial charge in [-0.05, 0) is 28.5 Å². The summed E-state index contributed by atoms with van der Waals surface area (Å²) in [7, 11) is 1.76. The van der Waals surface area contributed by atoms with Crippen molar-refractivity contribution in [3.05, 3.63) is 28.5 Å². The first-order chi connectivity index (χ1) is 10.1. The van der Waals surface area contributed by atoms with Crippen molar-refractivity contribution in [3.63, 3.8) is 0 Å². The summed E-state index contributed by atoms with van der Waals surface area (Å²) in [5.41, 5.74) is 1.63. The maximum atomic E-state index is 11.9. The van der Waals surface area contributed by atoms with Crippen molar-refractivity contribution in [2.45, 2.75) is 13.0 Å². The van der Waals surface area contributed by atoms with Gasteiger partial charge in [-0.3, -0.25) is 9.48 Å². The molecular formula is C13H14BrN5O2. The van der Waals surface area contributed by atoms with Gasteiger partial charge < -0.3 is 15.4 Å². The zero-order chi connectivity index (χ0) is 15.0. The van der Waals surface area contributed by atoms with E-state index in [-0.39, 0.29) is 18.0 Å². The summed E-state index contributed by atoms with van der Waals surface area (Å²) in [6, 6.07) is 3.57. The van der Waals surface area contributed by atoms with E-state index in [2.05, 4.69) is 36.6 Å². The quantitative estimate of drug-likeness (QED) is 0.879. The molecule has 1 unspecified atom stereocenters. The van der Waals surface area contributed by atoms with Gasteiger partial charge in [0.2, 0.25) is 5.91 Å². The lowest BCUT2D eigenvalue weighted by Crippen LogP contribution is -2.27. The van der Waals surface area contributed by atoms with Crippen LogP contribution in [0, 0.1) is 0 Å². The van der Waals surface area contributed by atoms with E-state index in [4.69, 9.17) is 4.74 Å². The zero-order valence-corrected chi connectivity index (χ0v) is 13.1. The number of benzene rings is 1. The number of anilines is 1. The third kappa shape index (κ3) is 2.64. The minimum absolute atomic E-state index is 0.0631. The highest BCUT2D eigenvalue weighted by Crippen LogP contribution is 2.39. The average molecular weight is 352 g/mol. The molecule has 1 aliphatic rings. The van der Waals surface area contributed by atoms with Crippen molar-refractivity contribution in [3.8, 4) is 11.8 Å². The Labute approximate surface area is 129 Å². The Balaban J connectivity index is 1.92. The molecule has 0 fully saturated rings.